The minimum atomic E-state index is -0.460. The van der Waals surface area contributed by atoms with E-state index in [4.69, 9.17) is 4.74 Å². The number of nitrogens with zero attached hydrogens (tertiary/aromatic N) is 3. The van der Waals surface area contributed by atoms with Crippen LogP contribution < -0.4 is 15.8 Å². The summed E-state index contributed by atoms with van der Waals surface area (Å²) in [6.45, 7) is 3.79. The second-order valence-electron chi connectivity index (χ2n) is 7.18. The molecular formula is C23H25N5O4. The number of nitrogens with one attached hydrogen (secondary N) is 2. The zero-order chi connectivity index (χ0) is 23.3. The van der Waals surface area contributed by atoms with E-state index in [2.05, 4.69) is 16.0 Å². The lowest BCUT2D eigenvalue weighted by atomic mass is 10.2. The standard InChI is InChI=1S/C23H25N5O4/c1-5-32-23(31)20-14-24-28(15(20)2)18-11-9-16(10-12-18)21(29)25-26-22(30)17-7-6-8-19(13-17)27(3)4/h6-14H,5H2,1-4H3,(H,25,29)(H,26,30). The van der Waals surface area contributed by atoms with Crippen LogP contribution in [0.25, 0.3) is 5.69 Å². The highest BCUT2D eigenvalue weighted by atomic mass is 16.5. The van der Waals surface area contributed by atoms with Crippen LogP contribution in [0.1, 0.15) is 43.7 Å². The molecule has 0 aliphatic carbocycles. The first-order chi connectivity index (χ1) is 15.3. The molecule has 9 nitrogen and oxygen atoms in total. The monoisotopic (exact) mass is 435 g/mol. The average Bonchev–Trinajstić information content (AvgIpc) is 3.19. The number of anilines is 1. The normalized spacial score (nSPS) is 10.4. The molecule has 0 aliphatic heterocycles. The molecule has 9 heteroatoms. The topological polar surface area (TPSA) is 106 Å². The van der Waals surface area contributed by atoms with E-state index in [1.54, 1.807) is 61.0 Å². The van der Waals surface area contributed by atoms with E-state index in [1.807, 2.05) is 25.1 Å². The van der Waals surface area contributed by atoms with Gasteiger partial charge in [-0.05, 0) is 56.3 Å². The summed E-state index contributed by atoms with van der Waals surface area (Å²) in [7, 11) is 3.76. The van der Waals surface area contributed by atoms with E-state index in [0.717, 1.165) is 5.69 Å². The van der Waals surface area contributed by atoms with Crippen LogP contribution in [0, 0.1) is 6.92 Å². The van der Waals surface area contributed by atoms with Gasteiger partial charge in [-0.25, -0.2) is 9.48 Å². The third-order valence-corrected chi connectivity index (χ3v) is 4.79. The van der Waals surface area contributed by atoms with Gasteiger partial charge in [0, 0.05) is 30.9 Å². The number of hydrogen-bond donors (Lipinski definition) is 2. The minimum absolute atomic E-state index is 0.283. The lowest BCUT2D eigenvalue weighted by Crippen LogP contribution is -2.41. The number of ether oxygens (including phenoxy) is 1. The molecule has 0 fully saturated rings. The van der Waals surface area contributed by atoms with Crippen molar-refractivity contribution >= 4 is 23.5 Å². The van der Waals surface area contributed by atoms with Crippen LogP contribution in [0.15, 0.2) is 54.7 Å². The van der Waals surface area contributed by atoms with Gasteiger partial charge in [0.15, 0.2) is 0 Å². The van der Waals surface area contributed by atoms with Crippen molar-refractivity contribution in [3.63, 3.8) is 0 Å². The van der Waals surface area contributed by atoms with Crippen LogP contribution in [-0.2, 0) is 4.74 Å². The number of benzene rings is 2. The lowest BCUT2D eigenvalue weighted by molar-refractivity contribution is 0.0525. The zero-order valence-corrected chi connectivity index (χ0v) is 18.4. The molecule has 2 amide bonds. The molecule has 0 atom stereocenters. The quantitative estimate of drug-likeness (QED) is 0.455. The third kappa shape index (κ3) is 4.94. The predicted molar refractivity (Wildman–Crippen MR) is 120 cm³/mol. The van der Waals surface area contributed by atoms with Crippen molar-refractivity contribution < 1.29 is 19.1 Å². The Morgan fingerprint density at radius 3 is 2.28 bits per heavy atom. The first-order valence-electron chi connectivity index (χ1n) is 10.0. The molecule has 0 saturated heterocycles. The zero-order valence-electron chi connectivity index (χ0n) is 18.4. The van der Waals surface area contributed by atoms with Gasteiger partial charge in [-0.2, -0.15) is 5.10 Å². The molecule has 0 bridgehead atoms. The molecule has 3 aromatic rings. The van der Waals surface area contributed by atoms with Gasteiger partial charge < -0.3 is 9.64 Å². The van der Waals surface area contributed by atoms with Crippen molar-refractivity contribution in [3.05, 3.63) is 77.1 Å². The Kier molecular flexibility index (Phi) is 6.89. The van der Waals surface area contributed by atoms with E-state index in [-0.39, 0.29) is 6.61 Å². The molecule has 0 saturated carbocycles. The number of carbonyl (C=O) groups is 3. The number of hydrazine groups is 1. The molecule has 166 valence electrons. The van der Waals surface area contributed by atoms with Gasteiger partial charge in [0.1, 0.15) is 5.56 Å². The van der Waals surface area contributed by atoms with Crippen molar-refractivity contribution in [2.45, 2.75) is 13.8 Å². The van der Waals surface area contributed by atoms with Crippen LogP contribution in [0.3, 0.4) is 0 Å². The van der Waals surface area contributed by atoms with E-state index in [1.165, 1.54) is 6.20 Å². The van der Waals surface area contributed by atoms with Gasteiger partial charge in [-0.1, -0.05) is 6.07 Å². The highest BCUT2D eigenvalue weighted by molar-refractivity contribution is 5.99. The second-order valence-corrected chi connectivity index (χ2v) is 7.18. The smallest absolute Gasteiger partial charge is 0.341 e. The van der Waals surface area contributed by atoms with Crippen LogP contribution >= 0.6 is 0 Å². The Balaban J connectivity index is 1.65. The first kappa shape index (κ1) is 22.5. The third-order valence-electron chi connectivity index (χ3n) is 4.79. The number of rotatable bonds is 6. The summed E-state index contributed by atoms with van der Waals surface area (Å²) in [5.41, 5.74) is 8.19. The maximum absolute atomic E-state index is 12.4. The van der Waals surface area contributed by atoms with Crippen molar-refractivity contribution in [2.24, 2.45) is 0 Å². The van der Waals surface area contributed by atoms with Crippen LogP contribution in [0.4, 0.5) is 5.69 Å². The highest BCUT2D eigenvalue weighted by Gasteiger charge is 2.16. The lowest BCUT2D eigenvalue weighted by Gasteiger charge is -2.13. The maximum atomic E-state index is 12.4. The van der Waals surface area contributed by atoms with Crippen molar-refractivity contribution in [1.82, 2.24) is 20.6 Å². The number of esters is 1. The molecule has 0 radical (unpaired) electrons. The fourth-order valence-electron chi connectivity index (χ4n) is 3.02. The summed E-state index contributed by atoms with van der Waals surface area (Å²) in [4.78, 5) is 38.6. The van der Waals surface area contributed by atoms with Gasteiger partial charge in [0.05, 0.1) is 24.2 Å². The average molecular weight is 435 g/mol. The summed E-state index contributed by atoms with van der Waals surface area (Å²) in [5, 5.41) is 4.23. The summed E-state index contributed by atoms with van der Waals surface area (Å²) in [6.07, 6.45) is 1.45. The number of aromatic nitrogens is 2. The van der Waals surface area contributed by atoms with E-state index >= 15 is 0 Å². The fraction of sp³-hybridized carbons (Fsp3) is 0.217. The van der Waals surface area contributed by atoms with Crippen molar-refractivity contribution in [1.29, 1.82) is 0 Å². The molecule has 0 aliphatic rings. The molecule has 1 aromatic heterocycles. The summed E-state index contributed by atoms with van der Waals surface area (Å²) < 4.78 is 6.61. The van der Waals surface area contributed by atoms with Crippen LogP contribution in [0.2, 0.25) is 0 Å². The van der Waals surface area contributed by atoms with Crippen molar-refractivity contribution in [2.75, 3.05) is 25.6 Å². The summed E-state index contributed by atoms with van der Waals surface area (Å²) >= 11 is 0. The molecule has 1 heterocycles. The Bertz CT molecular complexity index is 1140. The Hall–Kier alpha value is -4.14. The Labute approximate surface area is 186 Å². The Morgan fingerprint density at radius 1 is 1.00 bits per heavy atom. The van der Waals surface area contributed by atoms with Gasteiger partial charge in [-0.3, -0.25) is 20.4 Å². The molecular weight excluding hydrogens is 410 g/mol. The Morgan fingerprint density at radius 2 is 1.66 bits per heavy atom. The predicted octanol–water partition coefficient (Wildman–Crippen LogP) is 2.50. The SMILES string of the molecule is CCOC(=O)c1cnn(-c2ccc(C(=O)NNC(=O)c3cccc(N(C)C)c3)cc2)c1C. The molecule has 2 aromatic carbocycles. The van der Waals surface area contributed by atoms with Gasteiger partial charge in [0.2, 0.25) is 0 Å². The van der Waals surface area contributed by atoms with Crippen molar-refractivity contribution in [3.8, 4) is 5.69 Å². The second kappa shape index (κ2) is 9.78. The van der Waals surface area contributed by atoms with Gasteiger partial charge in [0.25, 0.3) is 11.8 Å². The van der Waals surface area contributed by atoms with Crippen LogP contribution in [-0.4, -0.2) is 48.3 Å². The number of hydrogen-bond acceptors (Lipinski definition) is 6. The van der Waals surface area contributed by atoms with E-state index in [0.29, 0.717) is 28.1 Å². The number of carbonyl (C=O) groups excluding carboxylic acids is 3. The maximum Gasteiger partial charge on any atom is 0.341 e. The summed E-state index contributed by atoms with van der Waals surface area (Å²) in [5.74, 6) is -1.31. The molecule has 2 N–H and O–H groups in total. The summed E-state index contributed by atoms with van der Waals surface area (Å²) in [6, 6.07) is 13.7. The molecule has 32 heavy (non-hydrogen) atoms. The minimum Gasteiger partial charge on any atom is -0.462 e. The van der Waals surface area contributed by atoms with E-state index < -0.39 is 17.8 Å². The molecule has 3 rings (SSSR count). The molecule has 0 unspecified atom stereocenters. The molecule has 0 spiro atoms. The van der Waals surface area contributed by atoms with Crippen LogP contribution in [0.5, 0.6) is 0 Å². The first-order valence-corrected chi connectivity index (χ1v) is 10.0. The van der Waals surface area contributed by atoms with E-state index in [9.17, 15) is 14.4 Å². The van der Waals surface area contributed by atoms with Gasteiger partial charge >= 0.3 is 5.97 Å². The highest BCUT2D eigenvalue weighted by Crippen LogP contribution is 2.16. The fourth-order valence-corrected chi connectivity index (χ4v) is 3.02. The number of amides is 2. The van der Waals surface area contributed by atoms with Gasteiger partial charge in [-0.15, -0.1) is 0 Å². The largest absolute Gasteiger partial charge is 0.462 e.